The van der Waals surface area contributed by atoms with E-state index in [9.17, 15) is 13.2 Å². The van der Waals surface area contributed by atoms with Gasteiger partial charge >= 0.3 is 5.97 Å². The van der Waals surface area contributed by atoms with Crippen LogP contribution in [0.4, 0.5) is 0 Å². The highest BCUT2D eigenvalue weighted by Crippen LogP contribution is 2.29. The van der Waals surface area contributed by atoms with E-state index >= 15 is 0 Å². The minimum Gasteiger partial charge on any atom is -0.493 e. The Balaban J connectivity index is 1.63. The summed E-state index contributed by atoms with van der Waals surface area (Å²) >= 11 is 5.88. The summed E-state index contributed by atoms with van der Waals surface area (Å²) in [5, 5.41) is 0.414. The molecule has 2 aromatic carbocycles. The molecule has 8 nitrogen and oxygen atoms in total. The second-order valence-electron chi connectivity index (χ2n) is 6.87. The monoisotopic (exact) mass is 479 g/mol. The van der Waals surface area contributed by atoms with Crippen molar-refractivity contribution in [1.29, 1.82) is 0 Å². The van der Waals surface area contributed by atoms with E-state index in [2.05, 4.69) is 0 Å². The van der Waals surface area contributed by atoms with E-state index in [1.54, 1.807) is 24.3 Å². The van der Waals surface area contributed by atoms with Crippen LogP contribution in [0, 0.1) is 0 Å². The van der Waals surface area contributed by atoms with Crippen molar-refractivity contribution in [3.05, 3.63) is 76.5 Å². The molecule has 0 bridgehead atoms. The van der Waals surface area contributed by atoms with Crippen LogP contribution in [0.5, 0.6) is 11.5 Å². The first-order chi connectivity index (χ1) is 15.2. The van der Waals surface area contributed by atoms with Crippen LogP contribution in [0.1, 0.15) is 21.7 Å². The maximum atomic E-state index is 12.4. The smallest absolute Gasteiger partial charge is 0.338 e. The number of hydrogen-bond donors (Lipinski definition) is 0. The summed E-state index contributed by atoms with van der Waals surface area (Å²) in [6.45, 7) is 0.0763. The third-order valence-corrected chi connectivity index (χ3v) is 6.37. The predicted octanol–water partition coefficient (Wildman–Crippen LogP) is 4.13. The second kappa shape index (κ2) is 10.1. The molecule has 0 aliphatic carbocycles. The Kier molecular flexibility index (Phi) is 7.44. The van der Waals surface area contributed by atoms with Crippen molar-refractivity contribution < 1.29 is 31.8 Å². The number of ether oxygens (including phenoxy) is 3. The van der Waals surface area contributed by atoms with Gasteiger partial charge in [0.25, 0.3) is 10.0 Å². The fourth-order valence-corrected chi connectivity index (χ4v) is 3.57. The maximum absolute atomic E-state index is 12.4. The second-order valence-corrected chi connectivity index (χ2v) is 9.38. The van der Waals surface area contributed by atoms with Crippen molar-refractivity contribution in [3.8, 4) is 11.5 Å². The highest BCUT2D eigenvalue weighted by molar-refractivity contribution is 7.88. The highest BCUT2D eigenvalue weighted by Gasteiger charge is 2.22. The third kappa shape index (κ3) is 5.61. The van der Waals surface area contributed by atoms with Crippen LogP contribution >= 0.6 is 11.6 Å². The van der Waals surface area contributed by atoms with E-state index in [4.69, 9.17) is 30.2 Å². The largest absolute Gasteiger partial charge is 0.493 e. The number of carbonyl (C=O) groups is 1. The molecule has 0 saturated heterocycles. The Morgan fingerprint density at radius 1 is 1.00 bits per heavy atom. The van der Waals surface area contributed by atoms with Crippen molar-refractivity contribution in [2.24, 2.45) is 0 Å². The molecule has 0 amide bonds. The minimum atomic E-state index is -3.70. The van der Waals surface area contributed by atoms with Gasteiger partial charge in [-0.15, -0.1) is 0 Å². The Labute approximate surface area is 191 Å². The zero-order valence-corrected chi connectivity index (χ0v) is 19.3. The fourth-order valence-electron chi connectivity index (χ4n) is 2.63. The molecule has 1 aromatic heterocycles. The molecule has 32 heavy (non-hydrogen) atoms. The first kappa shape index (κ1) is 23.6. The molecular weight excluding hydrogens is 458 g/mol. The molecule has 0 spiro atoms. The van der Waals surface area contributed by atoms with E-state index < -0.39 is 16.0 Å². The SMILES string of the molecule is COc1cc(C(=O)OCc2ccc(S(=O)(=O)N(C)C)o2)ccc1OCc1ccc(Cl)cc1. The Hall–Kier alpha value is -3.01. The molecule has 0 N–H and O–H groups in total. The van der Waals surface area contributed by atoms with Gasteiger partial charge in [0, 0.05) is 19.1 Å². The predicted molar refractivity (Wildman–Crippen MR) is 117 cm³/mol. The number of hydrogen-bond acceptors (Lipinski definition) is 7. The first-order valence-electron chi connectivity index (χ1n) is 9.44. The van der Waals surface area contributed by atoms with E-state index in [1.165, 1.54) is 39.4 Å². The average molecular weight is 480 g/mol. The number of rotatable bonds is 9. The van der Waals surface area contributed by atoms with Gasteiger partial charge < -0.3 is 18.6 Å². The lowest BCUT2D eigenvalue weighted by atomic mass is 10.2. The Morgan fingerprint density at radius 2 is 1.72 bits per heavy atom. The normalized spacial score (nSPS) is 11.4. The summed E-state index contributed by atoms with van der Waals surface area (Å²) in [7, 11) is 0.561. The number of carbonyl (C=O) groups excluding carboxylic acids is 1. The van der Waals surface area contributed by atoms with Crippen molar-refractivity contribution in [2.75, 3.05) is 21.2 Å². The van der Waals surface area contributed by atoms with Gasteiger partial charge in [-0.3, -0.25) is 0 Å². The van der Waals surface area contributed by atoms with Crippen molar-refractivity contribution in [3.63, 3.8) is 0 Å². The van der Waals surface area contributed by atoms with Crippen LogP contribution in [0.15, 0.2) is 64.1 Å². The molecular formula is C22H22ClNO7S. The number of esters is 1. The van der Waals surface area contributed by atoms with Gasteiger partial charge in [-0.05, 0) is 48.0 Å². The minimum absolute atomic E-state index is 0.202. The molecule has 3 aromatic rings. The molecule has 10 heteroatoms. The molecule has 0 aliphatic rings. The summed E-state index contributed by atoms with van der Waals surface area (Å²) in [6, 6.07) is 14.7. The van der Waals surface area contributed by atoms with E-state index in [0.29, 0.717) is 23.1 Å². The average Bonchev–Trinajstić information content (AvgIpc) is 3.27. The lowest BCUT2D eigenvalue weighted by molar-refractivity contribution is 0.0440. The van der Waals surface area contributed by atoms with Gasteiger partial charge in [-0.1, -0.05) is 23.7 Å². The van der Waals surface area contributed by atoms with Gasteiger partial charge in [-0.2, -0.15) is 0 Å². The summed E-state index contributed by atoms with van der Waals surface area (Å²) < 4.78 is 46.8. The van der Waals surface area contributed by atoms with Crippen molar-refractivity contribution >= 4 is 27.6 Å². The lowest BCUT2D eigenvalue weighted by Crippen LogP contribution is -2.21. The van der Waals surface area contributed by atoms with Crippen LogP contribution in [0.2, 0.25) is 5.02 Å². The van der Waals surface area contributed by atoms with Gasteiger partial charge in [0.15, 0.2) is 11.5 Å². The van der Waals surface area contributed by atoms with Gasteiger partial charge in [-0.25, -0.2) is 17.5 Å². The topological polar surface area (TPSA) is 95.3 Å². The Morgan fingerprint density at radius 3 is 2.38 bits per heavy atom. The summed E-state index contributed by atoms with van der Waals surface area (Å²) in [5.74, 6) is 0.406. The number of benzene rings is 2. The van der Waals surface area contributed by atoms with E-state index in [-0.39, 0.29) is 23.0 Å². The van der Waals surface area contributed by atoms with Crippen LogP contribution in [-0.2, 0) is 28.0 Å². The van der Waals surface area contributed by atoms with Crippen LogP contribution in [0.3, 0.4) is 0 Å². The van der Waals surface area contributed by atoms with Gasteiger partial charge in [0.1, 0.15) is 19.0 Å². The quantitative estimate of drug-likeness (QED) is 0.426. The number of sulfonamides is 1. The standard InChI is InChI=1S/C22H22ClNO7S/c1-24(2)32(26,27)21-11-9-18(31-21)14-30-22(25)16-6-10-19(20(12-16)28-3)29-13-15-4-7-17(23)8-5-15/h4-12H,13-14H2,1-3H3. The molecule has 170 valence electrons. The molecule has 0 radical (unpaired) electrons. The number of halogens is 1. The van der Waals surface area contributed by atoms with Gasteiger partial charge in [0.2, 0.25) is 5.09 Å². The highest BCUT2D eigenvalue weighted by atomic mass is 35.5. The van der Waals surface area contributed by atoms with Gasteiger partial charge in [0.05, 0.1) is 12.7 Å². The number of methoxy groups -OCH3 is 1. The van der Waals surface area contributed by atoms with E-state index in [1.807, 2.05) is 12.1 Å². The third-order valence-electron chi connectivity index (χ3n) is 4.42. The van der Waals surface area contributed by atoms with Crippen molar-refractivity contribution in [1.82, 2.24) is 4.31 Å². The molecule has 0 aliphatic heterocycles. The number of furan rings is 1. The number of nitrogens with zero attached hydrogens (tertiary/aromatic N) is 1. The molecule has 0 atom stereocenters. The van der Waals surface area contributed by atoms with E-state index in [0.717, 1.165) is 9.87 Å². The van der Waals surface area contributed by atoms with Crippen LogP contribution in [0.25, 0.3) is 0 Å². The zero-order chi connectivity index (χ0) is 23.3. The molecule has 1 heterocycles. The molecule has 0 fully saturated rings. The fraction of sp³-hybridized carbons (Fsp3) is 0.227. The first-order valence-corrected chi connectivity index (χ1v) is 11.3. The summed E-state index contributed by atoms with van der Waals surface area (Å²) in [5.41, 5.74) is 1.17. The summed E-state index contributed by atoms with van der Waals surface area (Å²) in [6.07, 6.45) is 0. The van der Waals surface area contributed by atoms with Crippen molar-refractivity contribution in [2.45, 2.75) is 18.3 Å². The van der Waals surface area contributed by atoms with Crippen LogP contribution in [-0.4, -0.2) is 39.9 Å². The maximum Gasteiger partial charge on any atom is 0.338 e. The molecule has 3 rings (SSSR count). The Bertz CT molecular complexity index is 1190. The molecule has 0 saturated carbocycles. The van der Waals surface area contributed by atoms with Crippen LogP contribution < -0.4 is 9.47 Å². The molecule has 0 unspecified atom stereocenters. The zero-order valence-electron chi connectivity index (χ0n) is 17.7. The lowest BCUT2D eigenvalue weighted by Gasteiger charge is -2.12. The summed E-state index contributed by atoms with van der Waals surface area (Å²) in [4.78, 5) is 12.4.